The summed E-state index contributed by atoms with van der Waals surface area (Å²) < 4.78 is 0. The molecule has 0 amide bonds. The largest absolute Gasteiger partial charge is 0.657 e. The van der Waals surface area contributed by atoms with Crippen LogP contribution in [0.3, 0.4) is 0 Å². The van der Waals surface area contributed by atoms with Gasteiger partial charge in [-0.1, -0.05) is 24.3 Å². The van der Waals surface area contributed by atoms with E-state index in [0.717, 1.165) is 89.4 Å². The summed E-state index contributed by atoms with van der Waals surface area (Å²) in [4.78, 5) is 38.1. The molecule has 0 saturated carbocycles. The monoisotopic (exact) mass is 672 g/mol. The maximum atomic E-state index is 5.25. The normalized spacial score (nSPS) is 11.8. The van der Waals surface area contributed by atoms with Crippen LogP contribution in [-0.2, 0) is 17.1 Å². The molecule has 8 bridgehead atoms. The molecule has 0 fully saturated rings. The van der Waals surface area contributed by atoms with Crippen molar-refractivity contribution < 1.29 is 17.1 Å². The summed E-state index contributed by atoms with van der Waals surface area (Å²) in [6.07, 6.45) is 22.5. The Bertz CT molecular complexity index is 2190. The molecule has 9 heteroatoms. The maximum Gasteiger partial charge on any atom is 0.0704 e. The number of rotatable bonds is 4. The summed E-state index contributed by atoms with van der Waals surface area (Å²) in [5.74, 6) is 0. The zero-order chi connectivity index (χ0) is 31.9. The van der Waals surface area contributed by atoms with Crippen LogP contribution in [0.15, 0.2) is 122 Å². The summed E-state index contributed by atoms with van der Waals surface area (Å²) in [7, 11) is 0. The van der Waals surface area contributed by atoms with Crippen molar-refractivity contribution in [1.82, 2.24) is 39.9 Å². The molecule has 49 heavy (non-hydrogen) atoms. The molecule has 2 aliphatic heterocycles. The molecule has 234 valence electrons. The van der Waals surface area contributed by atoms with Crippen LogP contribution in [0, 0.1) is 0 Å². The molecule has 8 nitrogen and oxygen atoms in total. The van der Waals surface area contributed by atoms with E-state index in [4.69, 9.17) is 19.9 Å². The summed E-state index contributed by atoms with van der Waals surface area (Å²) in [5.41, 5.74) is 13.9. The molecule has 0 unspecified atom stereocenters. The van der Waals surface area contributed by atoms with Gasteiger partial charge in [0.15, 0.2) is 0 Å². The Morgan fingerprint density at radius 3 is 0.755 bits per heavy atom. The summed E-state index contributed by atoms with van der Waals surface area (Å²) >= 11 is 0. The fourth-order valence-electron chi connectivity index (χ4n) is 6.34. The fourth-order valence-corrected chi connectivity index (χ4v) is 6.34. The van der Waals surface area contributed by atoms with E-state index in [1.54, 1.807) is 49.6 Å². The van der Waals surface area contributed by atoms with Crippen LogP contribution in [0.2, 0.25) is 0 Å². The van der Waals surface area contributed by atoms with E-state index in [1.807, 2.05) is 48.5 Å². The predicted octanol–water partition coefficient (Wildman–Crippen LogP) is 8.16. The zero-order valence-electron chi connectivity index (χ0n) is 25.8. The summed E-state index contributed by atoms with van der Waals surface area (Å²) in [6.45, 7) is 0. The van der Waals surface area contributed by atoms with Crippen molar-refractivity contribution >= 4 is 46.4 Å². The third-order valence-corrected chi connectivity index (χ3v) is 8.49. The van der Waals surface area contributed by atoms with Gasteiger partial charge in [-0.2, -0.15) is 0 Å². The molecule has 0 N–H and O–H groups in total. The molecule has 2 aliphatic rings. The van der Waals surface area contributed by atoms with Gasteiger partial charge < -0.3 is 9.97 Å². The van der Waals surface area contributed by atoms with Crippen molar-refractivity contribution in [2.45, 2.75) is 0 Å². The number of fused-ring (bicyclic) bond motifs is 8. The number of aromatic nitrogens is 8. The molecule has 0 spiro atoms. The zero-order valence-corrected chi connectivity index (χ0v) is 26.9. The van der Waals surface area contributed by atoms with Crippen molar-refractivity contribution in [1.29, 1.82) is 0 Å². The van der Waals surface area contributed by atoms with Gasteiger partial charge >= 0.3 is 0 Å². The Balaban J connectivity index is 0.00000348. The summed E-state index contributed by atoms with van der Waals surface area (Å²) in [6, 6.07) is 24.1. The first-order valence-electron chi connectivity index (χ1n) is 15.5. The van der Waals surface area contributed by atoms with E-state index in [9.17, 15) is 0 Å². The second-order valence-corrected chi connectivity index (χ2v) is 11.3. The van der Waals surface area contributed by atoms with Crippen LogP contribution in [-0.4, -0.2) is 29.9 Å². The average molecular weight is 673 g/mol. The minimum atomic E-state index is 0. The third-order valence-electron chi connectivity index (χ3n) is 8.49. The quantitative estimate of drug-likeness (QED) is 0.173. The third kappa shape index (κ3) is 5.47. The Morgan fingerprint density at radius 1 is 0.306 bits per heavy atom. The standard InChI is InChI=1S/C40H24N8.Fe/c1-2-30-38(26-11-19-42-20-12-26)32-5-6-34(47-32)40(28-15-23-44-24-16-28)36-8-7-35(48-36)39(27-13-21-43-22-14-27)33-4-3-31(46-33)37(29(1)45-30)25-9-17-41-18-10-25;/h1-24H;/q-2;. The molecule has 0 radical (unpaired) electrons. The van der Waals surface area contributed by atoms with Gasteiger partial charge in [0.1, 0.15) is 0 Å². The molecule has 0 aromatic carbocycles. The number of hydrogen-bond acceptors (Lipinski definition) is 6. The van der Waals surface area contributed by atoms with Crippen molar-refractivity contribution in [3.8, 4) is 44.5 Å². The maximum absolute atomic E-state index is 5.25. The molecule has 7 aromatic heterocycles. The van der Waals surface area contributed by atoms with Gasteiger partial charge in [0.2, 0.25) is 0 Å². The van der Waals surface area contributed by atoms with Gasteiger partial charge in [-0.05, 0) is 117 Å². The number of hydrogen-bond donors (Lipinski definition) is 0. The summed E-state index contributed by atoms with van der Waals surface area (Å²) in [5, 5.41) is 0. The van der Waals surface area contributed by atoms with Crippen LogP contribution >= 0.6 is 0 Å². The van der Waals surface area contributed by atoms with Crippen LogP contribution in [0.5, 0.6) is 0 Å². The van der Waals surface area contributed by atoms with Crippen molar-refractivity contribution in [3.05, 3.63) is 145 Å². The van der Waals surface area contributed by atoms with Crippen LogP contribution in [0.4, 0.5) is 0 Å². The average Bonchev–Trinajstić information content (AvgIpc) is 3.98. The SMILES string of the molecule is C1=Cc2nc1c(-c1ccncc1)c1ccc([n-]1)c(-c1ccncc1)c1nc(c(-c3ccncc3)c3ccc([n-]3)c2-c2ccncc2)C=C1.[Fe]. The molecular formula is C40H24FeN8-2. The minimum Gasteiger partial charge on any atom is -0.657 e. The van der Waals surface area contributed by atoms with E-state index in [2.05, 4.69) is 68.5 Å². The molecule has 0 atom stereocenters. The van der Waals surface area contributed by atoms with Crippen molar-refractivity contribution in [2.24, 2.45) is 0 Å². The van der Waals surface area contributed by atoms with Gasteiger partial charge in [-0.15, -0.1) is 22.1 Å². The van der Waals surface area contributed by atoms with Crippen LogP contribution in [0.25, 0.3) is 90.9 Å². The molecule has 9 rings (SSSR count). The smallest absolute Gasteiger partial charge is 0.0704 e. The van der Waals surface area contributed by atoms with E-state index in [-0.39, 0.29) is 17.1 Å². The molecule has 9 heterocycles. The Labute approximate surface area is 292 Å². The van der Waals surface area contributed by atoms with E-state index >= 15 is 0 Å². The van der Waals surface area contributed by atoms with E-state index in [1.165, 1.54) is 0 Å². The van der Waals surface area contributed by atoms with Gasteiger partial charge in [0, 0.05) is 66.6 Å². The fraction of sp³-hybridized carbons (Fsp3) is 0. The molecule has 7 aromatic rings. The molecule has 0 aliphatic carbocycles. The second kappa shape index (κ2) is 12.7. The number of nitrogens with zero attached hydrogens (tertiary/aromatic N) is 8. The second-order valence-electron chi connectivity index (χ2n) is 11.3. The first-order chi connectivity index (χ1) is 23.8. The Kier molecular flexibility index (Phi) is 7.81. The van der Waals surface area contributed by atoms with E-state index < -0.39 is 0 Å². The Hall–Kier alpha value is -6.28. The van der Waals surface area contributed by atoms with Crippen LogP contribution in [0.1, 0.15) is 22.8 Å². The Morgan fingerprint density at radius 2 is 0.531 bits per heavy atom. The number of pyridine rings is 4. The first kappa shape index (κ1) is 30.1. The molecular weight excluding hydrogens is 648 g/mol. The van der Waals surface area contributed by atoms with Crippen molar-refractivity contribution in [2.75, 3.05) is 0 Å². The minimum absolute atomic E-state index is 0. The predicted molar refractivity (Wildman–Crippen MR) is 190 cm³/mol. The topological polar surface area (TPSA) is 106 Å². The van der Waals surface area contributed by atoms with Gasteiger partial charge in [0.25, 0.3) is 0 Å². The van der Waals surface area contributed by atoms with Gasteiger partial charge in [0.05, 0.1) is 22.8 Å². The van der Waals surface area contributed by atoms with E-state index in [0.29, 0.717) is 0 Å². The first-order valence-corrected chi connectivity index (χ1v) is 15.5. The molecule has 0 saturated heterocycles. The van der Waals surface area contributed by atoms with Gasteiger partial charge in [-0.25, -0.2) is 9.97 Å². The van der Waals surface area contributed by atoms with Crippen molar-refractivity contribution in [3.63, 3.8) is 0 Å². The van der Waals surface area contributed by atoms with Gasteiger partial charge in [-0.3, -0.25) is 19.9 Å². The van der Waals surface area contributed by atoms with Crippen LogP contribution < -0.4 is 9.97 Å².